The van der Waals surface area contributed by atoms with Crippen LogP contribution in [0.1, 0.15) is 79.4 Å². The van der Waals surface area contributed by atoms with Crippen LogP contribution in [0.5, 0.6) is 0 Å². The molecule has 1 aromatic heterocycles. The SMILES string of the molecule is Cc1nocc1C(=O)NC(C(=O)Nc1ccc2c(c1)N(C(=O)O)CC21CCOCC1)C1CCCCCCC1. The molecule has 1 aromatic carbocycles. The van der Waals surface area contributed by atoms with Crippen molar-refractivity contribution in [2.24, 2.45) is 5.92 Å². The average molecular weight is 525 g/mol. The Morgan fingerprint density at radius 1 is 1.11 bits per heavy atom. The molecule has 1 saturated heterocycles. The number of carboxylic acid groups (broad SMARTS) is 1. The summed E-state index contributed by atoms with van der Waals surface area (Å²) in [5, 5.41) is 19.6. The fourth-order valence-electron chi connectivity index (χ4n) is 6.28. The lowest BCUT2D eigenvalue weighted by Gasteiger charge is -2.33. The molecule has 38 heavy (non-hydrogen) atoms. The van der Waals surface area contributed by atoms with Gasteiger partial charge in [-0.2, -0.15) is 0 Å². The summed E-state index contributed by atoms with van der Waals surface area (Å²) in [7, 11) is 0. The first-order valence-corrected chi connectivity index (χ1v) is 13.6. The highest BCUT2D eigenvalue weighted by atomic mass is 16.5. The van der Waals surface area contributed by atoms with Crippen LogP contribution in [0.15, 0.2) is 29.0 Å². The molecular weight excluding hydrogens is 488 g/mol. The number of carbonyl (C=O) groups excluding carboxylic acids is 2. The summed E-state index contributed by atoms with van der Waals surface area (Å²) >= 11 is 0. The summed E-state index contributed by atoms with van der Waals surface area (Å²) in [5.74, 6) is -0.702. The Morgan fingerprint density at radius 2 is 1.82 bits per heavy atom. The van der Waals surface area contributed by atoms with Gasteiger partial charge in [-0.05, 0) is 56.2 Å². The van der Waals surface area contributed by atoms with E-state index < -0.39 is 18.0 Å². The number of nitrogens with one attached hydrogen (secondary N) is 2. The highest BCUT2D eigenvalue weighted by Gasteiger charge is 2.46. The zero-order chi connectivity index (χ0) is 26.7. The van der Waals surface area contributed by atoms with E-state index in [0.717, 1.165) is 56.9 Å². The average Bonchev–Trinajstić information content (AvgIpc) is 3.44. The first-order chi connectivity index (χ1) is 18.4. The summed E-state index contributed by atoms with van der Waals surface area (Å²) in [6.07, 6.45) is 8.94. The number of nitrogens with zero attached hydrogens (tertiary/aromatic N) is 2. The van der Waals surface area contributed by atoms with Gasteiger partial charge in [-0.1, -0.05) is 43.3 Å². The molecule has 3 heterocycles. The Morgan fingerprint density at radius 3 is 2.47 bits per heavy atom. The number of fused-ring (bicyclic) bond motifs is 2. The van der Waals surface area contributed by atoms with E-state index >= 15 is 0 Å². The van der Waals surface area contributed by atoms with Gasteiger partial charge in [0.2, 0.25) is 5.91 Å². The maximum atomic E-state index is 13.7. The summed E-state index contributed by atoms with van der Waals surface area (Å²) in [4.78, 5) is 40.2. The zero-order valence-corrected chi connectivity index (χ0v) is 21.8. The predicted molar refractivity (Wildman–Crippen MR) is 140 cm³/mol. The second-order valence-electron chi connectivity index (χ2n) is 10.9. The molecule has 10 nitrogen and oxygen atoms in total. The number of anilines is 2. The second kappa shape index (κ2) is 11.1. The van der Waals surface area contributed by atoms with E-state index in [1.807, 2.05) is 12.1 Å². The molecule has 0 bridgehead atoms. The van der Waals surface area contributed by atoms with Crippen LogP contribution in [0, 0.1) is 12.8 Å². The molecule has 3 aliphatic rings. The van der Waals surface area contributed by atoms with Gasteiger partial charge < -0.3 is 25.0 Å². The number of hydrogen-bond donors (Lipinski definition) is 3. The monoisotopic (exact) mass is 524 g/mol. The van der Waals surface area contributed by atoms with Crippen LogP contribution in [0.3, 0.4) is 0 Å². The molecule has 2 fully saturated rings. The summed E-state index contributed by atoms with van der Waals surface area (Å²) in [6, 6.07) is 4.77. The maximum absolute atomic E-state index is 13.7. The smallest absolute Gasteiger partial charge is 0.411 e. The first-order valence-electron chi connectivity index (χ1n) is 13.6. The summed E-state index contributed by atoms with van der Waals surface area (Å²) in [6.45, 7) is 3.27. The quantitative estimate of drug-likeness (QED) is 0.519. The van der Waals surface area contributed by atoms with Crippen molar-refractivity contribution in [2.45, 2.75) is 76.2 Å². The third kappa shape index (κ3) is 5.27. The number of benzene rings is 1. The Kier molecular flexibility index (Phi) is 7.69. The molecule has 1 atom stereocenters. The van der Waals surface area contributed by atoms with E-state index in [-0.39, 0.29) is 17.2 Å². The van der Waals surface area contributed by atoms with Crippen LogP contribution >= 0.6 is 0 Å². The van der Waals surface area contributed by atoms with Crippen LogP contribution in [-0.4, -0.2) is 54.0 Å². The molecule has 1 aliphatic carbocycles. The highest BCUT2D eigenvalue weighted by Crippen LogP contribution is 2.47. The largest absolute Gasteiger partial charge is 0.465 e. The molecule has 5 rings (SSSR count). The zero-order valence-electron chi connectivity index (χ0n) is 21.8. The second-order valence-corrected chi connectivity index (χ2v) is 10.9. The van der Waals surface area contributed by atoms with E-state index in [9.17, 15) is 19.5 Å². The van der Waals surface area contributed by atoms with Gasteiger partial charge in [-0.3, -0.25) is 14.5 Å². The lowest BCUT2D eigenvalue weighted by molar-refractivity contribution is -0.119. The summed E-state index contributed by atoms with van der Waals surface area (Å²) in [5.41, 5.74) is 2.60. The fraction of sp³-hybridized carbons (Fsp3) is 0.571. The van der Waals surface area contributed by atoms with Gasteiger partial charge in [0.1, 0.15) is 17.9 Å². The van der Waals surface area contributed by atoms with Gasteiger partial charge in [0.15, 0.2) is 0 Å². The molecule has 2 aromatic rings. The Bertz CT molecular complexity index is 1180. The van der Waals surface area contributed by atoms with Gasteiger partial charge in [-0.25, -0.2) is 4.79 Å². The third-order valence-electron chi connectivity index (χ3n) is 8.45. The Balaban J connectivity index is 1.40. The number of carbonyl (C=O) groups is 3. The van der Waals surface area contributed by atoms with Crippen molar-refractivity contribution in [3.63, 3.8) is 0 Å². The van der Waals surface area contributed by atoms with Crippen molar-refractivity contribution in [2.75, 3.05) is 30.0 Å². The van der Waals surface area contributed by atoms with Crippen molar-refractivity contribution in [1.82, 2.24) is 10.5 Å². The molecule has 3 N–H and O–H groups in total. The minimum atomic E-state index is -1.01. The molecule has 204 valence electrons. The highest BCUT2D eigenvalue weighted by molar-refractivity contribution is 6.02. The number of ether oxygens (including phenoxy) is 1. The van der Waals surface area contributed by atoms with Crippen LogP contribution in [0.4, 0.5) is 16.2 Å². The van der Waals surface area contributed by atoms with E-state index in [2.05, 4.69) is 15.8 Å². The third-order valence-corrected chi connectivity index (χ3v) is 8.45. The molecule has 1 saturated carbocycles. The molecule has 0 radical (unpaired) electrons. The number of aryl methyl sites for hydroxylation is 1. The van der Waals surface area contributed by atoms with Gasteiger partial charge in [0.25, 0.3) is 5.91 Å². The standard InChI is InChI=1S/C28H36N4O6/c1-18-21(16-38-31-18)25(33)30-24(19-7-5-3-2-4-6-8-19)26(34)29-20-9-10-22-23(15-20)32(27(35)36)17-28(22)11-13-37-14-12-28/h9-10,15-16,19,24H,2-8,11-14,17H2,1H3,(H,29,34)(H,30,33)(H,35,36). The van der Waals surface area contributed by atoms with Gasteiger partial charge in [0, 0.05) is 30.9 Å². The number of amides is 3. The van der Waals surface area contributed by atoms with E-state index in [1.54, 1.807) is 13.0 Å². The Labute approximate surface area is 222 Å². The van der Waals surface area contributed by atoms with Crippen molar-refractivity contribution in [3.8, 4) is 0 Å². The number of aromatic nitrogens is 1. The van der Waals surface area contributed by atoms with Crippen LogP contribution in [-0.2, 0) is 14.9 Å². The van der Waals surface area contributed by atoms with Gasteiger partial charge in [-0.15, -0.1) is 0 Å². The topological polar surface area (TPSA) is 134 Å². The van der Waals surface area contributed by atoms with E-state index in [1.165, 1.54) is 17.6 Å². The predicted octanol–water partition coefficient (Wildman–Crippen LogP) is 4.63. The van der Waals surface area contributed by atoms with Crippen LogP contribution < -0.4 is 15.5 Å². The fourth-order valence-corrected chi connectivity index (χ4v) is 6.28. The van der Waals surface area contributed by atoms with Crippen molar-refractivity contribution < 1.29 is 28.8 Å². The summed E-state index contributed by atoms with van der Waals surface area (Å²) < 4.78 is 10.5. The van der Waals surface area contributed by atoms with E-state index in [0.29, 0.717) is 42.4 Å². The van der Waals surface area contributed by atoms with E-state index in [4.69, 9.17) is 9.26 Å². The van der Waals surface area contributed by atoms with Crippen molar-refractivity contribution in [1.29, 1.82) is 0 Å². The lowest BCUT2D eigenvalue weighted by atomic mass is 9.76. The number of hydrogen-bond acceptors (Lipinski definition) is 6. The van der Waals surface area contributed by atoms with Crippen molar-refractivity contribution in [3.05, 3.63) is 41.3 Å². The van der Waals surface area contributed by atoms with Crippen LogP contribution in [0.2, 0.25) is 0 Å². The first kappa shape index (κ1) is 26.2. The molecule has 10 heteroatoms. The maximum Gasteiger partial charge on any atom is 0.411 e. The molecule has 3 amide bonds. The normalized spacial score (nSPS) is 20.3. The number of rotatable bonds is 5. The molecule has 1 spiro atoms. The van der Waals surface area contributed by atoms with Crippen LogP contribution in [0.25, 0.3) is 0 Å². The molecular formula is C28H36N4O6. The van der Waals surface area contributed by atoms with Gasteiger partial charge >= 0.3 is 6.09 Å². The molecule has 2 aliphatic heterocycles. The molecule has 1 unspecified atom stereocenters. The Hall–Kier alpha value is -3.40. The van der Waals surface area contributed by atoms with Crippen molar-refractivity contribution >= 4 is 29.3 Å². The van der Waals surface area contributed by atoms with Gasteiger partial charge in [0.05, 0.1) is 11.4 Å². The lowest BCUT2D eigenvalue weighted by Crippen LogP contribution is -2.48. The minimum absolute atomic E-state index is 0.00475. The minimum Gasteiger partial charge on any atom is -0.465 e.